The van der Waals surface area contributed by atoms with Crippen molar-refractivity contribution in [3.05, 3.63) is 95.6 Å². The molecule has 3 aromatic rings. The van der Waals surface area contributed by atoms with Gasteiger partial charge >= 0.3 is 0 Å². The van der Waals surface area contributed by atoms with Gasteiger partial charge in [-0.15, -0.1) is 0 Å². The van der Waals surface area contributed by atoms with Gasteiger partial charge in [-0.25, -0.2) is 0 Å². The van der Waals surface area contributed by atoms with E-state index in [1.54, 1.807) is 0 Å². The average Bonchev–Trinajstić information content (AvgIpc) is 3.35. The minimum Gasteiger partial charge on any atom is -0.489 e. The highest BCUT2D eigenvalue weighted by atomic mass is 16.5. The number of hydrogen-bond acceptors (Lipinski definition) is 4. The van der Waals surface area contributed by atoms with Crippen molar-refractivity contribution in [1.82, 2.24) is 4.90 Å². The largest absolute Gasteiger partial charge is 0.489 e. The highest BCUT2D eigenvalue weighted by Gasteiger charge is 2.43. The Kier molecular flexibility index (Phi) is 5.58. The maximum absolute atomic E-state index is 13.5. The third kappa shape index (κ3) is 3.96. The van der Waals surface area contributed by atoms with Gasteiger partial charge in [0.05, 0.1) is 11.7 Å². The van der Waals surface area contributed by atoms with Crippen molar-refractivity contribution in [2.75, 3.05) is 18.5 Å². The van der Waals surface area contributed by atoms with Crippen molar-refractivity contribution in [2.45, 2.75) is 38.1 Å². The molecule has 0 spiro atoms. The van der Waals surface area contributed by atoms with E-state index in [2.05, 4.69) is 12.2 Å². The number of carbonyl (C=O) groups excluding carboxylic acids is 1. The molecule has 1 amide bonds. The molecule has 2 heterocycles. The third-order valence-corrected chi connectivity index (χ3v) is 6.40. The second kappa shape index (κ2) is 8.67. The van der Waals surface area contributed by atoms with Crippen LogP contribution in [0.1, 0.15) is 41.3 Å². The topological polar surface area (TPSA) is 50.8 Å². The molecule has 1 fully saturated rings. The molecule has 0 radical (unpaired) electrons. The minimum absolute atomic E-state index is 0.0294. The summed E-state index contributed by atoms with van der Waals surface area (Å²) in [7, 11) is 0. The second-order valence-corrected chi connectivity index (χ2v) is 8.59. The van der Waals surface area contributed by atoms with Gasteiger partial charge in [0.25, 0.3) is 5.91 Å². The lowest BCUT2D eigenvalue weighted by Gasteiger charge is -2.47. The van der Waals surface area contributed by atoms with E-state index < -0.39 is 5.66 Å². The number of carbonyl (C=O) groups is 1. The van der Waals surface area contributed by atoms with Crippen LogP contribution in [0.4, 0.5) is 5.69 Å². The van der Waals surface area contributed by atoms with Crippen LogP contribution < -0.4 is 10.1 Å². The first-order valence-electron chi connectivity index (χ1n) is 11.2. The lowest BCUT2D eigenvalue weighted by Crippen LogP contribution is -2.57. The number of rotatable bonds is 6. The zero-order valence-corrected chi connectivity index (χ0v) is 18.3. The van der Waals surface area contributed by atoms with Gasteiger partial charge in [-0.05, 0) is 55.2 Å². The lowest BCUT2D eigenvalue weighted by atomic mass is 9.93. The van der Waals surface area contributed by atoms with Gasteiger partial charge in [0.2, 0.25) is 0 Å². The summed E-state index contributed by atoms with van der Waals surface area (Å²) >= 11 is 0. The summed E-state index contributed by atoms with van der Waals surface area (Å²) in [6, 6.07) is 25.8. The van der Waals surface area contributed by atoms with Gasteiger partial charge in [-0.3, -0.25) is 4.79 Å². The van der Waals surface area contributed by atoms with E-state index in [0.29, 0.717) is 18.7 Å². The van der Waals surface area contributed by atoms with Crippen molar-refractivity contribution in [2.24, 2.45) is 0 Å². The van der Waals surface area contributed by atoms with Crippen LogP contribution in [-0.2, 0) is 17.0 Å². The Morgan fingerprint density at radius 2 is 1.78 bits per heavy atom. The first kappa shape index (κ1) is 20.6. The molecule has 1 saturated heterocycles. The minimum atomic E-state index is -0.685. The van der Waals surface area contributed by atoms with Crippen LogP contribution in [0, 0.1) is 0 Å². The molecule has 164 valence electrons. The molecule has 2 aliphatic heterocycles. The first-order valence-corrected chi connectivity index (χ1v) is 11.2. The summed E-state index contributed by atoms with van der Waals surface area (Å²) < 4.78 is 11.8. The number of nitrogens with zero attached hydrogens (tertiary/aromatic N) is 1. The fourth-order valence-corrected chi connectivity index (χ4v) is 4.56. The second-order valence-electron chi connectivity index (χ2n) is 8.59. The maximum Gasteiger partial charge on any atom is 0.258 e. The fourth-order valence-electron chi connectivity index (χ4n) is 4.56. The molecule has 0 saturated carbocycles. The maximum atomic E-state index is 13.5. The Bertz CT molecular complexity index is 1080. The first-order chi connectivity index (χ1) is 15.6. The Hall–Kier alpha value is -3.31. The Morgan fingerprint density at radius 3 is 2.53 bits per heavy atom. The van der Waals surface area contributed by atoms with E-state index in [1.807, 2.05) is 83.8 Å². The van der Waals surface area contributed by atoms with E-state index in [4.69, 9.17) is 9.47 Å². The van der Waals surface area contributed by atoms with Gasteiger partial charge in [0.1, 0.15) is 18.0 Å². The van der Waals surface area contributed by atoms with Crippen molar-refractivity contribution in [1.29, 1.82) is 0 Å². The highest BCUT2D eigenvalue weighted by molar-refractivity contribution is 6.02. The average molecular weight is 429 g/mol. The van der Waals surface area contributed by atoms with Gasteiger partial charge < -0.3 is 19.7 Å². The summed E-state index contributed by atoms with van der Waals surface area (Å²) in [6.07, 6.45) is 2.09. The van der Waals surface area contributed by atoms with Crippen LogP contribution in [0.25, 0.3) is 0 Å². The van der Waals surface area contributed by atoms with Crippen molar-refractivity contribution in [3.8, 4) is 5.75 Å². The molecule has 2 atom stereocenters. The van der Waals surface area contributed by atoms with Crippen LogP contribution in [0.15, 0.2) is 78.9 Å². The number of nitrogens with one attached hydrogen (secondary N) is 1. The number of amides is 1. The standard InChI is InChI=1S/C27H28N2O3/c1-27(21-13-15-22(16-14-21)32-19-20-8-3-2-4-9-20)28-25-12-6-5-11-24(25)26(30)29(27)18-23-10-7-17-31-23/h2-6,8-9,11-16,23,28H,7,10,17-19H2,1H3. The van der Waals surface area contributed by atoms with E-state index in [1.165, 1.54) is 0 Å². The van der Waals surface area contributed by atoms with Crippen LogP contribution in [0.2, 0.25) is 0 Å². The molecular formula is C27H28N2O3. The normalized spacial score (nSPS) is 22.3. The molecule has 3 aromatic carbocycles. The van der Waals surface area contributed by atoms with Crippen LogP contribution >= 0.6 is 0 Å². The van der Waals surface area contributed by atoms with Crippen molar-refractivity contribution >= 4 is 11.6 Å². The molecule has 5 rings (SSSR count). The molecule has 1 N–H and O–H groups in total. The Labute approximate surface area is 189 Å². The zero-order valence-electron chi connectivity index (χ0n) is 18.3. The molecule has 2 aliphatic rings. The smallest absolute Gasteiger partial charge is 0.258 e. The molecule has 0 bridgehead atoms. The fraction of sp³-hybridized carbons (Fsp3) is 0.296. The Balaban J connectivity index is 1.41. The molecule has 2 unspecified atom stereocenters. The summed E-state index contributed by atoms with van der Waals surface area (Å²) in [6.45, 7) is 3.91. The number of benzene rings is 3. The Morgan fingerprint density at radius 1 is 1.03 bits per heavy atom. The number of anilines is 1. The van der Waals surface area contributed by atoms with E-state index >= 15 is 0 Å². The van der Waals surface area contributed by atoms with E-state index in [9.17, 15) is 4.79 Å². The number of para-hydroxylation sites is 1. The number of hydrogen-bond donors (Lipinski definition) is 1. The zero-order chi connectivity index (χ0) is 22.0. The van der Waals surface area contributed by atoms with E-state index in [0.717, 1.165) is 42.0 Å². The third-order valence-electron chi connectivity index (χ3n) is 6.40. The molecule has 5 heteroatoms. The molecular weight excluding hydrogens is 400 g/mol. The summed E-state index contributed by atoms with van der Waals surface area (Å²) in [5, 5.41) is 3.63. The monoisotopic (exact) mass is 428 g/mol. The predicted molar refractivity (Wildman–Crippen MR) is 125 cm³/mol. The van der Waals surface area contributed by atoms with Crippen molar-refractivity contribution in [3.63, 3.8) is 0 Å². The van der Waals surface area contributed by atoms with Crippen LogP contribution in [0.3, 0.4) is 0 Å². The highest BCUT2D eigenvalue weighted by Crippen LogP contribution is 2.39. The van der Waals surface area contributed by atoms with Gasteiger partial charge in [0.15, 0.2) is 0 Å². The van der Waals surface area contributed by atoms with Gasteiger partial charge in [0, 0.05) is 18.8 Å². The summed E-state index contributed by atoms with van der Waals surface area (Å²) in [5.41, 5.74) is 3.00. The van der Waals surface area contributed by atoms with Gasteiger partial charge in [-0.1, -0.05) is 54.6 Å². The summed E-state index contributed by atoms with van der Waals surface area (Å²) in [5.74, 6) is 0.830. The molecule has 0 aliphatic carbocycles. The van der Waals surface area contributed by atoms with Crippen molar-refractivity contribution < 1.29 is 14.3 Å². The predicted octanol–water partition coefficient (Wildman–Crippen LogP) is 5.19. The van der Waals surface area contributed by atoms with Crippen LogP contribution in [0.5, 0.6) is 5.75 Å². The molecule has 5 nitrogen and oxygen atoms in total. The summed E-state index contributed by atoms with van der Waals surface area (Å²) in [4.78, 5) is 15.4. The quantitative estimate of drug-likeness (QED) is 0.587. The van der Waals surface area contributed by atoms with Gasteiger partial charge in [-0.2, -0.15) is 0 Å². The number of fused-ring (bicyclic) bond motifs is 1. The lowest BCUT2D eigenvalue weighted by molar-refractivity contribution is 0.0242. The van der Waals surface area contributed by atoms with Crippen LogP contribution in [-0.4, -0.2) is 30.1 Å². The molecule has 0 aromatic heterocycles. The molecule has 32 heavy (non-hydrogen) atoms. The number of ether oxygens (including phenoxy) is 2. The van der Waals surface area contributed by atoms with E-state index in [-0.39, 0.29) is 12.0 Å². The SMILES string of the molecule is CC1(c2ccc(OCc3ccccc3)cc2)Nc2ccccc2C(=O)N1CC1CCCO1.